The monoisotopic (exact) mass is 236 g/mol. The summed E-state index contributed by atoms with van der Waals surface area (Å²) in [4.78, 5) is 6.69. The van der Waals surface area contributed by atoms with Crippen LogP contribution in [0.15, 0.2) is 18.3 Å². The van der Waals surface area contributed by atoms with Crippen LogP contribution in [0, 0.1) is 0 Å². The fourth-order valence-corrected chi connectivity index (χ4v) is 1.90. The van der Waals surface area contributed by atoms with E-state index in [4.69, 9.17) is 0 Å². The van der Waals surface area contributed by atoms with Crippen molar-refractivity contribution in [2.75, 3.05) is 18.0 Å². The summed E-state index contributed by atoms with van der Waals surface area (Å²) >= 11 is 0. The molecule has 17 heavy (non-hydrogen) atoms. The minimum atomic E-state index is -0.435. The molecule has 0 aliphatic rings. The Hall–Kier alpha value is -1.09. The van der Waals surface area contributed by atoms with Crippen LogP contribution in [0.2, 0.25) is 0 Å². The zero-order valence-electron chi connectivity index (χ0n) is 11.2. The Morgan fingerprint density at radius 1 is 1.18 bits per heavy atom. The van der Waals surface area contributed by atoms with Crippen LogP contribution in [-0.2, 0) is 0 Å². The Balaban J connectivity index is 2.76. The van der Waals surface area contributed by atoms with Gasteiger partial charge in [0.05, 0.1) is 23.7 Å². The summed E-state index contributed by atoms with van der Waals surface area (Å²) in [6, 6.07) is 3.99. The third kappa shape index (κ3) is 4.00. The van der Waals surface area contributed by atoms with Gasteiger partial charge in [0, 0.05) is 13.1 Å². The van der Waals surface area contributed by atoms with E-state index < -0.39 is 6.10 Å². The fraction of sp³-hybridized carbons (Fsp3) is 0.643. The molecule has 1 aromatic rings. The molecule has 1 N–H and O–H groups in total. The SMILES string of the molecule is CCCN(CCC)c1ccc(C(O)CC)nc1. The smallest absolute Gasteiger partial charge is 0.0957 e. The first-order chi connectivity index (χ1) is 8.22. The maximum absolute atomic E-state index is 9.69. The number of hydrogen-bond acceptors (Lipinski definition) is 3. The van der Waals surface area contributed by atoms with Gasteiger partial charge in [0.2, 0.25) is 0 Å². The van der Waals surface area contributed by atoms with Crippen molar-refractivity contribution in [1.82, 2.24) is 4.98 Å². The van der Waals surface area contributed by atoms with E-state index in [-0.39, 0.29) is 0 Å². The number of aliphatic hydroxyl groups is 1. The van der Waals surface area contributed by atoms with Crippen LogP contribution in [0.3, 0.4) is 0 Å². The topological polar surface area (TPSA) is 36.4 Å². The average Bonchev–Trinajstić information content (AvgIpc) is 2.38. The van der Waals surface area contributed by atoms with Crippen LogP contribution in [0.5, 0.6) is 0 Å². The van der Waals surface area contributed by atoms with Crippen molar-refractivity contribution in [1.29, 1.82) is 0 Å². The van der Waals surface area contributed by atoms with Gasteiger partial charge in [-0.05, 0) is 31.4 Å². The fourth-order valence-electron chi connectivity index (χ4n) is 1.90. The average molecular weight is 236 g/mol. The molecule has 0 aliphatic heterocycles. The largest absolute Gasteiger partial charge is 0.387 e. The van der Waals surface area contributed by atoms with Crippen LogP contribution in [0.1, 0.15) is 51.8 Å². The zero-order chi connectivity index (χ0) is 12.7. The highest BCUT2D eigenvalue weighted by atomic mass is 16.3. The van der Waals surface area contributed by atoms with Crippen molar-refractivity contribution in [2.45, 2.75) is 46.1 Å². The van der Waals surface area contributed by atoms with Gasteiger partial charge in [-0.1, -0.05) is 20.8 Å². The molecular formula is C14H24N2O. The van der Waals surface area contributed by atoms with Gasteiger partial charge in [0.25, 0.3) is 0 Å². The van der Waals surface area contributed by atoms with Crippen LogP contribution >= 0.6 is 0 Å². The lowest BCUT2D eigenvalue weighted by Gasteiger charge is -2.23. The highest BCUT2D eigenvalue weighted by Gasteiger charge is 2.08. The molecule has 3 heteroatoms. The zero-order valence-corrected chi connectivity index (χ0v) is 11.2. The van der Waals surface area contributed by atoms with E-state index in [0.717, 1.165) is 37.3 Å². The van der Waals surface area contributed by atoms with Crippen molar-refractivity contribution in [3.63, 3.8) is 0 Å². The minimum absolute atomic E-state index is 0.435. The first kappa shape index (κ1) is 14.0. The summed E-state index contributed by atoms with van der Waals surface area (Å²) in [6.07, 6.45) is 4.42. The Kier molecular flexibility index (Phi) is 5.98. The lowest BCUT2D eigenvalue weighted by atomic mass is 10.2. The van der Waals surface area contributed by atoms with Gasteiger partial charge in [0.15, 0.2) is 0 Å². The van der Waals surface area contributed by atoms with Gasteiger partial charge >= 0.3 is 0 Å². The molecule has 0 saturated heterocycles. The number of aromatic nitrogens is 1. The molecule has 0 bridgehead atoms. The van der Waals surface area contributed by atoms with Gasteiger partial charge in [-0.3, -0.25) is 4.98 Å². The van der Waals surface area contributed by atoms with Gasteiger partial charge < -0.3 is 10.0 Å². The molecule has 0 fully saturated rings. The molecule has 1 heterocycles. The Bertz CT molecular complexity index is 305. The van der Waals surface area contributed by atoms with E-state index in [1.807, 2.05) is 19.2 Å². The van der Waals surface area contributed by atoms with E-state index in [9.17, 15) is 5.11 Å². The number of anilines is 1. The van der Waals surface area contributed by atoms with Crippen molar-refractivity contribution in [3.05, 3.63) is 24.0 Å². The van der Waals surface area contributed by atoms with E-state index in [1.165, 1.54) is 0 Å². The Labute approximate surface area is 104 Å². The molecule has 1 unspecified atom stereocenters. The highest BCUT2D eigenvalue weighted by molar-refractivity contribution is 5.44. The lowest BCUT2D eigenvalue weighted by molar-refractivity contribution is 0.169. The summed E-state index contributed by atoms with van der Waals surface area (Å²) < 4.78 is 0. The van der Waals surface area contributed by atoms with Crippen LogP contribution in [0.25, 0.3) is 0 Å². The Morgan fingerprint density at radius 2 is 1.82 bits per heavy atom. The predicted molar refractivity (Wildman–Crippen MR) is 72.3 cm³/mol. The molecule has 0 aromatic carbocycles. The normalized spacial score (nSPS) is 12.5. The van der Waals surface area contributed by atoms with Crippen molar-refractivity contribution < 1.29 is 5.11 Å². The molecule has 0 spiro atoms. The molecular weight excluding hydrogens is 212 g/mol. The van der Waals surface area contributed by atoms with Gasteiger partial charge in [-0.25, -0.2) is 0 Å². The molecule has 0 amide bonds. The maximum atomic E-state index is 9.69. The van der Waals surface area contributed by atoms with Gasteiger partial charge in [0.1, 0.15) is 0 Å². The molecule has 0 radical (unpaired) electrons. The van der Waals surface area contributed by atoms with Crippen LogP contribution in [0.4, 0.5) is 5.69 Å². The van der Waals surface area contributed by atoms with Crippen molar-refractivity contribution in [3.8, 4) is 0 Å². The number of pyridine rings is 1. The van der Waals surface area contributed by atoms with Crippen molar-refractivity contribution in [2.24, 2.45) is 0 Å². The number of nitrogens with zero attached hydrogens (tertiary/aromatic N) is 2. The molecule has 1 atom stereocenters. The third-order valence-corrected chi connectivity index (χ3v) is 2.85. The van der Waals surface area contributed by atoms with Crippen molar-refractivity contribution >= 4 is 5.69 Å². The number of rotatable bonds is 7. The van der Waals surface area contributed by atoms with E-state index in [0.29, 0.717) is 6.42 Å². The van der Waals surface area contributed by atoms with E-state index in [1.54, 1.807) is 0 Å². The second-order valence-corrected chi connectivity index (χ2v) is 4.35. The van der Waals surface area contributed by atoms with Gasteiger partial charge in [-0.2, -0.15) is 0 Å². The first-order valence-electron chi connectivity index (χ1n) is 6.61. The van der Waals surface area contributed by atoms with E-state index in [2.05, 4.69) is 29.8 Å². The summed E-state index contributed by atoms with van der Waals surface area (Å²) in [5.41, 5.74) is 1.92. The molecule has 3 nitrogen and oxygen atoms in total. The summed E-state index contributed by atoms with van der Waals surface area (Å²) in [5, 5.41) is 9.69. The predicted octanol–water partition coefficient (Wildman–Crippen LogP) is 3.15. The maximum Gasteiger partial charge on any atom is 0.0957 e. The minimum Gasteiger partial charge on any atom is -0.387 e. The Morgan fingerprint density at radius 3 is 2.24 bits per heavy atom. The summed E-state index contributed by atoms with van der Waals surface area (Å²) in [7, 11) is 0. The molecule has 1 aromatic heterocycles. The molecule has 96 valence electrons. The highest BCUT2D eigenvalue weighted by Crippen LogP contribution is 2.18. The molecule has 0 aliphatic carbocycles. The molecule has 1 rings (SSSR count). The quantitative estimate of drug-likeness (QED) is 0.790. The first-order valence-corrected chi connectivity index (χ1v) is 6.61. The molecule has 0 saturated carbocycles. The number of hydrogen-bond donors (Lipinski definition) is 1. The third-order valence-electron chi connectivity index (χ3n) is 2.85. The second kappa shape index (κ2) is 7.28. The van der Waals surface area contributed by atoms with Gasteiger partial charge in [-0.15, -0.1) is 0 Å². The summed E-state index contributed by atoms with van der Waals surface area (Å²) in [5.74, 6) is 0. The lowest BCUT2D eigenvalue weighted by Crippen LogP contribution is -2.25. The second-order valence-electron chi connectivity index (χ2n) is 4.35. The summed E-state index contributed by atoms with van der Waals surface area (Å²) in [6.45, 7) is 8.45. The standard InChI is InChI=1S/C14H24N2O/c1-4-9-16(10-5-2)12-7-8-13(15-11-12)14(17)6-3/h7-8,11,14,17H,4-6,9-10H2,1-3H3. The van der Waals surface area contributed by atoms with Crippen LogP contribution < -0.4 is 4.90 Å². The van der Waals surface area contributed by atoms with E-state index >= 15 is 0 Å². The van der Waals surface area contributed by atoms with Crippen LogP contribution in [-0.4, -0.2) is 23.2 Å². The number of aliphatic hydroxyl groups excluding tert-OH is 1.